The Morgan fingerprint density at radius 3 is 2.00 bits per heavy atom. The van der Waals surface area contributed by atoms with Crippen molar-refractivity contribution in [3.63, 3.8) is 0 Å². The van der Waals surface area contributed by atoms with Crippen molar-refractivity contribution in [1.82, 2.24) is 0 Å². The summed E-state index contributed by atoms with van der Waals surface area (Å²) in [6.07, 6.45) is 3.93. The van der Waals surface area contributed by atoms with Crippen LogP contribution in [-0.4, -0.2) is 5.11 Å². The van der Waals surface area contributed by atoms with E-state index in [1.807, 2.05) is 72.8 Å². The normalized spacial score (nSPS) is 10.9. The van der Waals surface area contributed by atoms with Crippen LogP contribution in [0.3, 0.4) is 0 Å². The molecular formula is C36H23N3O. The first kappa shape index (κ1) is 24.5. The van der Waals surface area contributed by atoms with E-state index < -0.39 is 0 Å². The Bertz CT molecular complexity index is 1970. The Hall–Kier alpha value is -5.84. The average molecular weight is 514 g/mol. The van der Waals surface area contributed by atoms with Crippen molar-refractivity contribution in [1.29, 1.82) is 10.5 Å². The molecule has 0 spiro atoms. The molecule has 0 amide bonds. The Balaban J connectivity index is 1.38. The number of hydrogen-bond acceptors (Lipinski definition) is 4. The summed E-state index contributed by atoms with van der Waals surface area (Å²) in [5.74, 6) is 0.219. The molecule has 6 rings (SSSR count). The van der Waals surface area contributed by atoms with Crippen molar-refractivity contribution in [2.75, 3.05) is 4.90 Å². The van der Waals surface area contributed by atoms with E-state index in [0.29, 0.717) is 11.1 Å². The van der Waals surface area contributed by atoms with E-state index in [4.69, 9.17) is 0 Å². The molecule has 0 aromatic heterocycles. The first-order chi connectivity index (χ1) is 19.7. The van der Waals surface area contributed by atoms with Crippen molar-refractivity contribution >= 4 is 50.8 Å². The van der Waals surface area contributed by atoms with E-state index >= 15 is 0 Å². The molecule has 0 saturated carbocycles. The van der Waals surface area contributed by atoms with Gasteiger partial charge in [0.25, 0.3) is 0 Å². The predicted molar refractivity (Wildman–Crippen MR) is 163 cm³/mol. The van der Waals surface area contributed by atoms with Crippen molar-refractivity contribution in [3.8, 4) is 17.9 Å². The summed E-state index contributed by atoms with van der Waals surface area (Å²) >= 11 is 0. The number of anilines is 3. The quantitative estimate of drug-likeness (QED) is 0.233. The molecule has 0 unspecified atom stereocenters. The molecule has 40 heavy (non-hydrogen) atoms. The zero-order valence-corrected chi connectivity index (χ0v) is 21.5. The van der Waals surface area contributed by atoms with Gasteiger partial charge in [0.1, 0.15) is 11.8 Å². The lowest BCUT2D eigenvalue weighted by atomic mass is 9.96. The first-order valence-electron chi connectivity index (χ1n) is 12.9. The zero-order chi connectivity index (χ0) is 27.5. The number of hydrogen-bond donors (Lipinski definition) is 1. The first-order valence-corrected chi connectivity index (χ1v) is 12.9. The lowest BCUT2D eigenvalue weighted by molar-refractivity contribution is 0.475. The molecule has 0 atom stereocenters. The van der Waals surface area contributed by atoms with Crippen LogP contribution in [-0.2, 0) is 0 Å². The Morgan fingerprint density at radius 1 is 0.575 bits per heavy atom. The van der Waals surface area contributed by atoms with E-state index in [-0.39, 0.29) is 5.75 Å². The summed E-state index contributed by atoms with van der Waals surface area (Å²) in [4.78, 5) is 2.18. The third-order valence-electron chi connectivity index (χ3n) is 7.05. The maximum atomic E-state index is 9.90. The number of fused-ring (bicyclic) bond motifs is 2. The largest absolute Gasteiger partial charge is 0.508 e. The number of benzene rings is 6. The third-order valence-corrected chi connectivity index (χ3v) is 7.05. The topological polar surface area (TPSA) is 71.0 Å². The Morgan fingerprint density at radius 2 is 1.25 bits per heavy atom. The van der Waals surface area contributed by atoms with Crippen molar-refractivity contribution < 1.29 is 5.11 Å². The molecule has 0 aliphatic rings. The summed E-state index contributed by atoms with van der Waals surface area (Å²) in [7, 11) is 0. The summed E-state index contributed by atoms with van der Waals surface area (Å²) < 4.78 is 0. The molecule has 0 radical (unpaired) electrons. The van der Waals surface area contributed by atoms with Gasteiger partial charge in [0.2, 0.25) is 0 Å². The summed E-state index contributed by atoms with van der Waals surface area (Å²) in [5, 5.41) is 33.1. The van der Waals surface area contributed by atoms with Gasteiger partial charge in [0, 0.05) is 27.5 Å². The highest BCUT2D eigenvalue weighted by Gasteiger charge is 2.15. The highest BCUT2D eigenvalue weighted by atomic mass is 16.3. The summed E-state index contributed by atoms with van der Waals surface area (Å²) in [6.45, 7) is 0. The van der Waals surface area contributed by atoms with E-state index in [1.54, 1.807) is 18.2 Å². The lowest BCUT2D eigenvalue weighted by Gasteiger charge is -2.27. The smallest absolute Gasteiger partial charge is 0.115 e. The Kier molecular flexibility index (Phi) is 6.43. The van der Waals surface area contributed by atoms with Gasteiger partial charge < -0.3 is 10.0 Å². The molecule has 6 aromatic rings. The maximum absolute atomic E-state index is 9.90. The van der Waals surface area contributed by atoms with Crippen LogP contribution in [0.5, 0.6) is 5.75 Å². The fourth-order valence-corrected chi connectivity index (χ4v) is 5.09. The number of aromatic hydroxyl groups is 1. The second-order valence-corrected chi connectivity index (χ2v) is 9.43. The second-order valence-electron chi connectivity index (χ2n) is 9.43. The molecule has 4 heteroatoms. The van der Waals surface area contributed by atoms with Crippen LogP contribution in [0.25, 0.3) is 33.7 Å². The molecule has 0 heterocycles. The molecule has 6 aromatic carbocycles. The highest BCUT2D eigenvalue weighted by Crippen LogP contribution is 2.39. The molecule has 0 aliphatic heterocycles. The highest BCUT2D eigenvalue weighted by molar-refractivity contribution is 5.99. The van der Waals surface area contributed by atoms with E-state index in [1.165, 1.54) is 0 Å². The average Bonchev–Trinajstić information content (AvgIpc) is 3.01. The molecule has 0 bridgehead atoms. The molecule has 4 nitrogen and oxygen atoms in total. The van der Waals surface area contributed by atoms with Gasteiger partial charge in [-0.05, 0) is 65.0 Å². The monoisotopic (exact) mass is 513 g/mol. The fraction of sp³-hybridized carbons (Fsp3) is 0. The zero-order valence-electron chi connectivity index (χ0n) is 21.5. The van der Waals surface area contributed by atoms with Gasteiger partial charge in [-0.25, -0.2) is 0 Å². The van der Waals surface area contributed by atoms with Crippen LogP contribution < -0.4 is 4.90 Å². The Labute approximate surface area is 232 Å². The van der Waals surface area contributed by atoms with Gasteiger partial charge in [0.15, 0.2) is 0 Å². The van der Waals surface area contributed by atoms with Crippen LogP contribution >= 0.6 is 0 Å². The van der Waals surface area contributed by atoms with Gasteiger partial charge >= 0.3 is 0 Å². The number of nitriles is 2. The third kappa shape index (κ3) is 4.52. The molecule has 188 valence electrons. The number of nitrogens with zero attached hydrogens (tertiary/aromatic N) is 3. The summed E-state index contributed by atoms with van der Waals surface area (Å²) in [6, 6.07) is 43.8. The van der Waals surface area contributed by atoms with Crippen LogP contribution in [0.4, 0.5) is 17.1 Å². The molecular weight excluding hydrogens is 490 g/mol. The number of rotatable bonds is 5. The van der Waals surface area contributed by atoms with Crippen molar-refractivity contribution in [2.45, 2.75) is 0 Å². The maximum Gasteiger partial charge on any atom is 0.115 e. The van der Waals surface area contributed by atoms with E-state index in [9.17, 15) is 15.6 Å². The SMILES string of the molecule is N#Cc1cccc2c(C#N)c(C=Cc3ccc(N(c4ccc(O)cc4)c4cccc5ccccc45)cc3)ccc12. The number of phenols is 1. The van der Waals surface area contributed by atoms with Crippen LogP contribution in [0.1, 0.15) is 22.3 Å². The summed E-state index contributed by atoms with van der Waals surface area (Å²) in [5.41, 5.74) is 5.86. The predicted octanol–water partition coefficient (Wildman–Crippen LogP) is 9.08. The standard InChI is InChI=1S/C36H23N3O/c37-23-28-7-3-9-34-32(28)22-15-27(35(34)24-38)14-11-25-12-16-29(17-13-25)39(30-18-20-31(40)21-19-30)36-10-4-6-26-5-1-2-8-33(26)36/h1-22,40H. The van der Waals surface area contributed by atoms with Crippen LogP contribution in [0.15, 0.2) is 121 Å². The van der Waals surface area contributed by atoms with Gasteiger partial charge in [-0.1, -0.05) is 84.9 Å². The number of phenolic OH excluding ortho intramolecular Hbond substituents is 1. The van der Waals surface area contributed by atoms with Crippen LogP contribution in [0, 0.1) is 22.7 Å². The second kappa shape index (κ2) is 10.5. The van der Waals surface area contributed by atoms with Crippen LogP contribution in [0.2, 0.25) is 0 Å². The van der Waals surface area contributed by atoms with E-state index in [0.717, 1.165) is 49.7 Å². The molecule has 0 saturated heterocycles. The van der Waals surface area contributed by atoms with E-state index in [2.05, 4.69) is 59.5 Å². The molecule has 1 N–H and O–H groups in total. The molecule has 0 fully saturated rings. The van der Waals surface area contributed by atoms with Gasteiger partial charge in [-0.15, -0.1) is 0 Å². The minimum absolute atomic E-state index is 0.219. The van der Waals surface area contributed by atoms with Gasteiger partial charge in [-0.2, -0.15) is 10.5 Å². The lowest BCUT2D eigenvalue weighted by Crippen LogP contribution is -2.10. The minimum atomic E-state index is 0.219. The molecule has 0 aliphatic carbocycles. The minimum Gasteiger partial charge on any atom is -0.508 e. The van der Waals surface area contributed by atoms with Crippen molar-refractivity contribution in [2.24, 2.45) is 0 Å². The van der Waals surface area contributed by atoms with Gasteiger partial charge in [0.05, 0.1) is 22.9 Å². The fourth-order valence-electron chi connectivity index (χ4n) is 5.09. The van der Waals surface area contributed by atoms with Crippen molar-refractivity contribution in [3.05, 3.63) is 144 Å². The van der Waals surface area contributed by atoms with Gasteiger partial charge in [-0.3, -0.25) is 0 Å².